The first-order valence-corrected chi connectivity index (χ1v) is 7.34. The Morgan fingerprint density at radius 1 is 1.29 bits per heavy atom. The molecule has 1 fully saturated rings. The number of nitrogens with zero attached hydrogens (tertiary/aromatic N) is 2. The number of fused-ring (bicyclic) bond motifs is 2. The monoisotopic (exact) mass is 302 g/mol. The molecule has 1 spiro atoms. The maximum atomic E-state index is 13.5. The van der Waals surface area contributed by atoms with Gasteiger partial charge in [-0.05, 0) is 48.2 Å². The standard InChI is InChI=1S/C16H12ClFN2O/c17-7-10-5-12(9-19-8-10)20-15(21)13-2-1-11(18)6-14(13)16(20)3-4-16/h1-2,5-6,8-9H,3-4,7H2. The lowest BCUT2D eigenvalue weighted by Gasteiger charge is -2.25. The third-order valence-corrected chi connectivity index (χ3v) is 4.57. The Labute approximate surface area is 126 Å². The molecule has 1 aliphatic carbocycles. The molecule has 1 aliphatic heterocycles. The molecule has 2 aromatic rings. The smallest absolute Gasteiger partial charge is 0.259 e. The molecule has 2 aliphatic rings. The van der Waals surface area contributed by atoms with E-state index >= 15 is 0 Å². The normalized spacial score (nSPS) is 18.2. The van der Waals surface area contributed by atoms with Crippen molar-refractivity contribution in [2.75, 3.05) is 4.90 Å². The highest BCUT2D eigenvalue weighted by atomic mass is 35.5. The van der Waals surface area contributed by atoms with Crippen LogP contribution < -0.4 is 4.90 Å². The molecule has 5 heteroatoms. The second-order valence-electron chi connectivity index (χ2n) is 5.55. The molecule has 1 aromatic carbocycles. The number of carbonyl (C=O) groups is 1. The van der Waals surface area contributed by atoms with Gasteiger partial charge in [-0.1, -0.05) is 0 Å². The van der Waals surface area contributed by atoms with Gasteiger partial charge in [-0.3, -0.25) is 14.7 Å². The van der Waals surface area contributed by atoms with Crippen molar-refractivity contribution in [2.45, 2.75) is 24.3 Å². The lowest BCUT2D eigenvalue weighted by Crippen LogP contribution is -2.33. The summed E-state index contributed by atoms with van der Waals surface area (Å²) in [6.07, 6.45) is 5.04. The SMILES string of the molecule is O=C1c2ccc(F)cc2C2(CC2)N1c1cncc(CCl)c1. The van der Waals surface area contributed by atoms with Crippen LogP contribution in [0.2, 0.25) is 0 Å². The van der Waals surface area contributed by atoms with E-state index in [-0.39, 0.29) is 17.3 Å². The predicted octanol–water partition coefficient (Wildman–Crippen LogP) is 3.61. The van der Waals surface area contributed by atoms with Gasteiger partial charge in [-0.15, -0.1) is 11.6 Å². The number of pyridine rings is 1. The number of carbonyl (C=O) groups excluding carboxylic acids is 1. The fourth-order valence-corrected chi connectivity index (χ4v) is 3.31. The molecule has 0 radical (unpaired) electrons. The Balaban J connectivity index is 1.86. The molecule has 1 amide bonds. The molecule has 106 valence electrons. The molecule has 0 atom stereocenters. The van der Waals surface area contributed by atoms with Gasteiger partial charge in [0.15, 0.2) is 0 Å². The molecule has 0 saturated heterocycles. The van der Waals surface area contributed by atoms with Crippen molar-refractivity contribution in [3.8, 4) is 0 Å². The van der Waals surface area contributed by atoms with Gasteiger partial charge >= 0.3 is 0 Å². The Bertz CT molecular complexity index is 758. The van der Waals surface area contributed by atoms with Crippen LogP contribution in [0, 0.1) is 5.82 Å². The molecular formula is C16H12ClFN2O. The Kier molecular flexibility index (Phi) is 2.60. The van der Waals surface area contributed by atoms with E-state index in [0.29, 0.717) is 11.4 Å². The van der Waals surface area contributed by atoms with Crippen LogP contribution in [0.15, 0.2) is 36.7 Å². The lowest BCUT2D eigenvalue weighted by atomic mass is 10.0. The second kappa shape index (κ2) is 4.28. The summed E-state index contributed by atoms with van der Waals surface area (Å²) >= 11 is 5.85. The first-order valence-electron chi connectivity index (χ1n) is 6.80. The van der Waals surface area contributed by atoms with E-state index in [2.05, 4.69) is 4.98 Å². The van der Waals surface area contributed by atoms with Crippen LogP contribution in [0.5, 0.6) is 0 Å². The van der Waals surface area contributed by atoms with Crippen LogP contribution in [0.25, 0.3) is 0 Å². The summed E-state index contributed by atoms with van der Waals surface area (Å²) in [5.74, 6) is -0.0457. The van der Waals surface area contributed by atoms with Gasteiger partial charge in [0.1, 0.15) is 5.82 Å². The summed E-state index contributed by atoms with van der Waals surface area (Å²) in [5, 5.41) is 0. The Hall–Kier alpha value is -1.94. The van der Waals surface area contributed by atoms with Crippen LogP contribution in [-0.2, 0) is 11.4 Å². The minimum absolute atomic E-state index is 0.0870. The van der Waals surface area contributed by atoms with Gasteiger partial charge in [-0.25, -0.2) is 4.39 Å². The largest absolute Gasteiger partial charge is 0.297 e. The first kappa shape index (κ1) is 12.8. The number of aromatic nitrogens is 1. The first-order chi connectivity index (χ1) is 10.2. The molecule has 1 saturated carbocycles. The van der Waals surface area contributed by atoms with Gasteiger partial charge in [0.25, 0.3) is 5.91 Å². The van der Waals surface area contributed by atoms with E-state index < -0.39 is 0 Å². The number of alkyl halides is 1. The molecule has 3 nitrogen and oxygen atoms in total. The average Bonchev–Trinajstić information content (AvgIpc) is 3.24. The third-order valence-electron chi connectivity index (χ3n) is 4.26. The molecule has 1 aromatic heterocycles. The third kappa shape index (κ3) is 1.72. The minimum Gasteiger partial charge on any atom is -0.297 e. The highest BCUT2D eigenvalue weighted by Crippen LogP contribution is 2.57. The average molecular weight is 303 g/mol. The summed E-state index contributed by atoms with van der Waals surface area (Å²) < 4.78 is 13.5. The number of halogens is 2. The molecular weight excluding hydrogens is 291 g/mol. The van der Waals surface area contributed by atoms with Crippen molar-refractivity contribution in [3.05, 3.63) is 59.2 Å². The Morgan fingerprint density at radius 2 is 2.10 bits per heavy atom. The number of hydrogen-bond acceptors (Lipinski definition) is 2. The number of hydrogen-bond donors (Lipinski definition) is 0. The number of rotatable bonds is 2. The van der Waals surface area contributed by atoms with Crippen molar-refractivity contribution < 1.29 is 9.18 Å². The number of benzene rings is 1. The van der Waals surface area contributed by atoms with Crippen LogP contribution in [0.4, 0.5) is 10.1 Å². The summed E-state index contributed by atoms with van der Waals surface area (Å²) in [4.78, 5) is 18.6. The van der Waals surface area contributed by atoms with E-state index in [9.17, 15) is 9.18 Å². The van der Waals surface area contributed by atoms with Crippen LogP contribution in [-0.4, -0.2) is 10.9 Å². The highest BCUT2D eigenvalue weighted by Gasteiger charge is 2.58. The van der Waals surface area contributed by atoms with Crippen molar-refractivity contribution in [1.29, 1.82) is 0 Å². The van der Waals surface area contributed by atoms with Crippen LogP contribution >= 0.6 is 11.6 Å². The topological polar surface area (TPSA) is 33.2 Å². The maximum absolute atomic E-state index is 13.5. The van der Waals surface area contributed by atoms with Gasteiger partial charge < -0.3 is 0 Å². The van der Waals surface area contributed by atoms with Crippen LogP contribution in [0.1, 0.15) is 34.3 Å². The minimum atomic E-state index is -0.388. The fourth-order valence-electron chi connectivity index (χ4n) is 3.17. The second-order valence-corrected chi connectivity index (χ2v) is 5.81. The van der Waals surface area contributed by atoms with Gasteiger partial charge in [0.2, 0.25) is 0 Å². The zero-order chi connectivity index (χ0) is 14.6. The zero-order valence-electron chi connectivity index (χ0n) is 11.1. The van der Waals surface area contributed by atoms with Crippen LogP contribution in [0.3, 0.4) is 0 Å². The van der Waals surface area contributed by atoms with Crippen molar-refractivity contribution in [2.24, 2.45) is 0 Å². The molecule has 4 rings (SSSR count). The van der Waals surface area contributed by atoms with Gasteiger partial charge in [-0.2, -0.15) is 0 Å². The Morgan fingerprint density at radius 3 is 2.81 bits per heavy atom. The molecule has 2 heterocycles. The van der Waals surface area contributed by atoms with E-state index in [0.717, 1.165) is 29.7 Å². The van der Waals surface area contributed by atoms with Crippen molar-refractivity contribution >= 4 is 23.2 Å². The summed E-state index contributed by atoms with van der Waals surface area (Å²) in [7, 11) is 0. The zero-order valence-corrected chi connectivity index (χ0v) is 11.9. The molecule has 21 heavy (non-hydrogen) atoms. The van der Waals surface area contributed by atoms with E-state index in [4.69, 9.17) is 11.6 Å². The van der Waals surface area contributed by atoms with E-state index in [1.54, 1.807) is 23.4 Å². The molecule has 0 unspecified atom stereocenters. The highest BCUT2D eigenvalue weighted by molar-refractivity contribution is 6.17. The van der Waals surface area contributed by atoms with Gasteiger partial charge in [0, 0.05) is 17.6 Å². The fraction of sp³-hybridized carbons (Fsp3) is 0.250. The van der Waals surface area contributed by atoms with E-state index in [1.165, 1.54) is 12.1 Å². The molecule has 0 N–H and O–H groups in total. The summed E-state index contributed by atoms with van der Waals surface area (Å²) in [6.45, 7) is 0. The number of anilines is 1. The summed E-state index contributed by atoms with van der Waals surface area (Å²) in [6, 6.07) is 6.27. The summed E-state index contributed by atoms with van der Waals surface area (Å²) in [5.41, 5.74) is 2.59. The predicted molar refractivity (Wildman–Crippen MR) is 77.9 cm³/mol. The quantitative estimate of drug-likeness (QED) is 0.794. The number of amides is 1. The van der Waals surface area contributed by atoms with Gasteiger partial charge in [0.05, 0.1) is 17.4 Å². The van der Waals surface area contributed by atoms with Crippen molar-refractivity contribution in [1.82, 2.24) is 4.98 Å². The lowest BCUT2D eigenvalue weighted by molar-refractivity contribution is 0.0989. The molecule has 0 bridgehead atoms. The van der Waals surface area contributed by atoms with E-state index in [1.807, 2.05) is 6.07 Å². The van der Waals surface area contributed by atoms with Crippen molar-refractivity contribution in [3.63, 3.8) is 0 Å². The maximum Gasteiger partial charge on any atom is 0.259 e.